The van der Waals surface area contributed by atoms with Crippen LogP contribution < -0.4 is 0 Å². The molecule has 1 aromatic heterocycles. The number of rotatable bonds is 7. The first-order valence-corrected chi connectivity index (χ1v) is 11.7. The number of hydrogen-bond donors (Lipinski definition) is 0. The predicted molar refractivity (Wildman–Crippen MR) is 133 cm³/mol. The van der Waals surface area contributed by atoms with Gasteiger partial charge in [0.25, 0.3) is 5.91 Å². The Morgan fingerprint density at radius 1 is 1.12 bits per heavy atom. The fourth-order valence-corrected chi connectivity index (χ4v) is 4.76. The number of thiocarbonyl (C=S) groups is 1. The van der Waals surface area contributed by atoms with Crippen molar-refractivity contribution in [3.05, 3.63) is 76.8 Å². The number of ether oxygens (including phenoxy) is 1. The van der Waals surface area contributed by atoms with Gasteiger partial charge in [-0.15, -0.1) is 0 Å². The third kappa shape index (κ3) is 4.95. The summed E-state index contributed by atoms with van der Waals surface area (Å²) >= 11 is 6.58. The minimum absolute atomic E-state index is 0.162. The van der Waals surface area contributed by atoms with E-state index in [1.807, 2.05) is 56.3 Å². The number of aromatic nitrogens is 1. The van der Waals surface area contributed by atoms with Crippen molar-refractivity contribution < 1.29 is 14.3 Å². The second-order valence-corrected chi connectivity index (χ2v) is 9.74. The van der Waals surface area contributed by atoms with Gasteiger partial charge in [0.15, 0.2) is 0 Å². The van der Waals surface area contributed by atoms with Gasteiger partial charge in [-0.1, -0.05) is 86.4 Å². The lowest BCUT2D eigenvalue weighted by molar-refractivity contribution is -0.147. The lowest BCUT2D eigenvalue weighted by Crippen LogP contribution is -2.34. The molecule has 0 N–H and O–H groups in total. The van der Waals surface area contributed by atoms with Gasteiger partial charge in [-0.25, -0.2) is 0 Å². The van der Waals surface area contributed by atoms with Crippen molar-refractivity contribution in [1.82, 2.24) is 9.47 Å². The first-order valence-electron chi connectivity index (χ1n) is 10.4. The van der Waals surface area contributed by atoms with Crippen LogP contribution >= 0.6 is 24.0 Å². The summed E-state index contributed by atoms with van der Waals surface area (Å²) in [7, 11) is 0. The number of amides is 1. The molecule has 2 aromatic carbocycles. The molecule has 0 aliphatic carbocycles. The molecule has 2 heterocycles. The summed E-state index contributed by atoms with van der Waals surface area (Å²) in [5.74, 6) is -0.477. The summed E-state index contributed by atoms with van der Waals surface area (Å²) in [6.07, 6.45) is 3.92. The fraction of sp³-hybridized carbons (Fsp3) is 0.240. The maximum Gasteiger partial charge on any atom is 0.326 e. The predicted octanol–water partition coefficient (Wildman–Crippen LogP) is 5.09. The molecule has 1 fully saturated rings. The molecule has 1 amide bonds. The highest BCUT2D eigenvalue weighted by Gasteiger charge is 2.34. The Labute approximate surface area is 197 Å². The molecule has 0 bridgehead atoms. The smallest absolute Gasteiger partial charge is 0.326 e. The van der Waals surface area contributed by atoms with E-state index >= 15 is 0 Å². The molecule has 5 nitrogen and oxygen atoms in total. The fourth-order valence-electron chi connectivity index (χ4n) is 3.51. The molecular weight excluding hydrogens is 440 g/mol. The molecule has 0 atom stereocenters. The number of thioether (sulfide) groups is 1. The summed E-state index contributed by atoms with van der Waals surface area (Å²) < 4.78 is 7.76. The van der Waals surface area contributed by atoms with Crippen LogP contribution in [0.1, 0.15) is 25.0 Å². The summed E-state index contributed by atoms with van der Waals surface area (Å²) in [4.78, 5) is 26.9. The molecular formula is C25H24N2O3S2. The van der Waals surface area contributed by atoms with Crippen LogP contribution in [0.4, 0.5) is 0 Å². The number of nitrogens with zero attached hydrogens (tertiary/aromatic N) is 2. The zero-order chi connectivity index (χ0) is 22.7. The molecule has 32 heavy (non-hydrogen) atoms. The van der Waals surface area contributed by atoms with Gasteiger partial charge in [0.2, 0.25) is 0 Å². The second kappa shape index (κ2) is 9.71. The molecule has 7 heteroatoms. The number of carbonyl (C=O) groups is 2. The molecule has 1 aliphatic rings. The lowest BCUT2D eigenvalue weighted by atomic mass is 10.1. The van der Waals surface area contributed by atoms with Crippen LogP contribution in [0.5, 0.6) is 0 Å². The minimum Gasteiger partial charge on any atom is -0.464 e. The highest BCUT2D eigenvalue weighted by atomic mass is 32.2. The minimum atomic E-state index is -0.448. The third-order valence-electron chi connectivity index (χ3n) is 5.04. The van der Waals surface area contributed by atoms with Gasteiger partial charge in [0.1, 0.15) is 10.9 Å². The van der Waals surface area contributed by atoms with Gasteiger partial charge in [0.05, 0.1) is 11.5 Å². The van der Waals surface area contributed by atoms with Crippen molar-refractivity contribution in [2.45, 2.75) is 20.4 Å². The van der Waals surface area contributed by atoms with Gasteiger partial charge in [-0.05, 0) is 23.6 Å². The second-order valence-electron chi connectivity index (χ2n) is 8.06. The van der Waals surface area contributed by atoms with Crippen LogP contribution in [0.2, 0.25) is 0 Å². The number of benzene rings is 2. The monoisotopic (exact) mass is 464 g/mol. The molecule has 0 spiro atoms. The summed E-state index contributed by atoms with van der Waals surface area (Å²) in [6, 6.07) is 18.4. The molecule has 3 aromatic rings. The maximum atomic E-state index is 13.0. The molecule has 0 radical (unpaired) electrons. The zero-order valence-corrected chi connectivity index (χ0v) is 19.6. The maximum absolute atomic E-state index is 13.0. The van der Waals surface area contributed by atoms with Crippen LogP contribution in [0.25, 0.3) is 17.0 Å². The van der Waals surface area contributed by atoms with Gasteiger partial charge in [-0.2, -0.15) is 0 Å². The number of esters is 1. The topological polar surface area (TPSA) is 51.5 Å². The van der Waals surface area contributed by atoms with E-state index < -0.39 is 5.97 Å². The Bertz CT molecular complexity index is 1200. The molecule has 0 unspecified atom stereocenters. The average Bonchev–Trinajstić information content (AvgIpc) is 3.25. The summed E-state index contributed by atoms with van der Waals surface area (Å²) in [5.41, 5.74) is 3.24. The third-order valence-corrected chi connectivity index (χ3v) is 6.42. The van der Waals surface area contributed by atoms with Crippen LogP contribution in [0.15, 0.2) is 65.7 Å². The van der Waals surface area contributed by atoms with Crippen molar-refractivity contribution in [2.24, 2.45) is 5.92 Å². The lowest BCUT2D eigenvalue weighted by Gasteiger charge is -2.14. The number of hydrogen-bond acceptors (Lipinski definition) is 5. The van der Waals surface area contributed by atoms with Gasteiger partial charge < -0.3 is 9.30 Å². The Morgan fingerprint density at radius 3 is 2.59 bits per heavy atom. The highest BCUT2D eigenvalue weighted by Crippen LogP contribution is 2.34. The molecule has 4 rings (SSSR count). The van der Waals surface area contributed by atoms with Crippen LogP contribution in [-0.4, -0.2) is 38.8 Å². The first-order chi connectivity index (χ1) is 15.4. The van der Waals surface area contributed by atoms with Crippen LogP contribution in [0, 0.1) is 5.92 Å². The zero-order valence-electron chi connectivity index (χ0n) is 18.0. The summed E-state index contributed by atoms with van der Waals surface area (Å²) in [6.45, 7) is 4.82. The van der Waals surface area contributed by atoms with E-state index in [9.17, 15) is 9.59 Å². The normalized spacial score (nSPS) is 15.3. The van der Waals surface area contributed by atoms with Gasteiger partial charge >= 0.3 is 5.97 Å². The Morgan fingerprint density at radius 2 is 1.84 bits per heavy atom. The Balaban J connectivity index is 1.58. The largest absolute Gasteiger partial charge is 0.464 e. The van der Waals surface area contributed by atoms with E-state index in [0.29, 0.717) is 15.8 Å². The van der Waals surface area contributed by atoms with E-state index in [-0.39, 0.29) is 18.4 Å². The average molecular weight is 465 g/mol. The molecule has 164 valence electrons. The molecule has 1 aliphatic heterocycles. The SMILES string of the molecule is CC(C)COC(=O)CN1C(=O)/C(=C/c2cn(Cc3ccccc3)c3ccccc23)SC1=S. The van der Waals surface area contributed by atoms with Crippen molar-refractivity contribution in [3.63, 3.8) is 0 Å². The van der Waals surface area contributed by atoms with E-state index in [0.717, 1.165) is 23.0 Å². The van der Waals surface area contributed by atoms with E-state index in [1.165, 1.54) is 22.2 Å². The van der Waals surface area contributed by atoms with E-state index in [2.05, 4.69) is 29.0 Å². The highest BCUT2D eigenvalue weighted by molar-refractivity contribution is 8.26. The Kier molecular flexibility index (Phi) is 6.77. The Hall–Kier alpha value is -2.90. The number of fused-ring (bicyclic) bond motifs is 1. The number of carbonyl (C=O) groups excluding carboxylic acids is 2. The van der Waals surface area contributed by atoms with E-state index in [4.69, 9.17) is 17.0 Å². The van der Waals surface area contributed by atoms with Crippen molar-refractivity contribution >= 4 is 57.2 Å². The summed E-state index contributed by atoms with van der Waals surface area (Å²) in [5, 5.41) is 1.06. The van der Waals surface area contributed by atoms with E-state index in [1.54, 1.807) is 0 Å². The first kappa shape index (κ1) is 22.3. The number of para-hydroxylation sites is 1. The van der Waals surface area contributed by atoms with Crippen molar-refractivity contribution in [3.8, 4) is 0 Å². The molecule has 1 saturated heterocycles. The van der Waals surface area contributed by atoms with Gasteiger partial charge in [0, 0.05) is 29.2 Å². The van der Waals surface area contributed by atoms with Gasteiger partial charge in [-0.3, -0.25) is 14.5 Å². The molecule has 0 saturated carbocycles. The van der Waals surface area contributed by atoms with Crippen LogP contribution in [-0.2, 0) is 20.9 Å². The van der Waals surface area contributed by atoms with Crippen molar-refractivity contribution in [2.75, 3.05) is 13.2 Å². The van der Waals surface area contributed by atoms with Crippen molar-refractivity contribution in [1.29, 1.82) is 0 Å². The quantitative estimate of drug-likeness (QED) is 0.277. The standard InChI is InChI=1S/C25H24N2O3S2/c1-17(2)16-30-23(28)15-27-24(29)22(32-25(27)31)12-19-14-26(13-18-8-4-3-5-9-18)21-11-7-6-10-20(19)21/h3-12,14,17H,13,15-16H2,1-2H3/b22-12-. The van der Waals surface area contributed by atoms with Crippen LogP contribution in [0.3, 0.4) is 0 Å².